The Bertz CT molecular complexity index is 175. The van der Waals surface area contributed by atoms with Crippen LogP contribution in [0.5, 0.6) is 0 Å². The lowest BCUT2D eigenvalue weighted by Gasteiger charge is -2.22. The Labute approximate surface area is 90.9 Å². The van der Waals surface area contributed by atoms with Gasteiger partial charge in [-0.05, 0) is 25.7 Å². The Kier molecular flexibility index (Phi) is 6.36. The quantitative estimate of drug-likeness (QED) is 0.499. The standard InChI is InChI=1S/C11H20O4/c1-13-7-4-6-11(12)15-9-10-5-2-3-8-14-10/h10H,2-9H2,1H3. The first kappa shape index (κ1) is 12.5. The average Bonchev–Trinajstić information content (AvgIpc) is 2.28. The van der Waals surface area contributed by atoms with E-state index < -0.39 is 0 Å². The molecule has 1 heterocycles. The Morgan fingerprint density at radius 1 is 1.47 bits per heavy atom. The minimum Gasteiger partial charge on any atom is -0.463 e. The molecule has 1 rings (SSSR count). The maximum atomic E-state index is 11.2. The average molecular weight is 216 g/mol. The van der Waals surface area contributed by atoms with Crippen molar-refractivity contribution in [1.82, 2.24) is 0 Å². The normalized spacial score (nSPS) is 21.3. The minimum absolute atomic E-state index is 0.116. The van der Waals surface area contributed by atoms with Gasteiger partial charge < -0.3 is 14.2 Å². The number of esters is 1. The third kappa shape index (κ3) is 5.74. The molecular formula is C11H20O4. The second-order valence-electron chi connectivity index (χ2n) is 3.77. The van der Waals surface area contributed by atoms with Gasteiger partial charge in [0.1, 0.15) is 6.61 Å². The molecule has 0 bridgehead atoms. The monoisotopic (exact) mass is 216 g/mol. The highest BCUT2D eigenvalue weighted by molar-refractivity contribution is 5.69. The molecule has 0 aliphatic carbocycles. The summed E-state index contributed by atoms with van der Waals surface area (Å²) in [7, 11) is 1.63. The van der Waals surface area contributed by atoms with Gasteiger partial charge >= 0.3 is 5.97 Å². The molecule has 0 amide bonds. The van der Waals surface area contributed by atoms with Crippen molar-refractivity contribution in [2.45, 2.75) is 38.2 Å². The van der Waals surface area contributed by atoms with Crippen molar-refractivity contribution < 1.29 is 19.0 Å². The molecule has 0 aromatic heterocycles. The van der Waals surface area contributed by atoms with Crippen LogP contribution in [0.3, 0.4) is 0 Å². The van der Waals surface area contributed by atoms with E-state index in [1.165, 1.54) is 6.42 Å². The minimum atomic E-state index is -0.152. The van der Waals surface area contributed by atoms with Crippen LogP contribution in [0.4, 0.5) is 0 Å². The van der Waals surface area contributed by atoms with Crippen LogP contribution in [0, 0.1) is 0 Å². The summed E-state index contributed by atoms with van der Waals surface area (Å²) in [5.74, 6) is -0.152. The molecule has 1 saturated heterocycles. The molecule has 0 aromatic carbocycles. The Morgan fingerprint density at radius 2 is 2.33 bits per heavy atom. The van der Waals surface area contributed by atoms with Crippen molar-refractivity contribution in [3.8, 4) is 0 Å². The van der Waals surface area contributed by atoms with Gasteiger partial charge in [-0.15, -0.1) is 0 Å². The van der Waals surface area contributed by atoms with Crippen LogP contribution in [-0.2, 0) is 19.0 Å². The molecule has 4 heteroatoms. The van der Waals surface area contributed by atoms with Crippen LogP contribution in [0.2, 0.25) is 0 Å². The maximum Gasteiger partial charge on any atom is 0.305 e. The number of rotatable bonds is 6. The molecule has 15 heavy (non-hydrogen) atoms. The number of hydrogen-bond acceptors (Lipinski definition) is 4. The van der Waals surface area contributed by atoms with Crippen LogP contribution in [0.25, 0.3) is 0 Å². The van der Waals surface area contributed by atoms with E-state index in [2.05, 4.69) is 0 Å². The van der Waals surface area contributed by atoms with E-state index >= 15 is 0 Å². The van der Waals surface area contributed by atoms with Gasteiger partial charge in [0.2, 0.25) is 0 Å². The van der Waals surface area contributed by atoms with Crippen molar-refractivity contribution in [3.63, 3.8) is 0 Å². The zero-order chi connectivity index (χ0) is 10.9. The second-order valence-corrected chi connectivity index (χ2v) is 3.77. The number of carbonyl (C=O) groups excluding carboxylic acids is 1. The molecule has 1 fully saturated rings. The molecule has 0 N–H and O–H groups in total. The molecule has 0 aromatic rings. The fourth-order valence-corrected chi connectivity index (χ4v) is 1.56. The summed E-state index contributed by atoms with van der Waals surface area (Å²) >= 11 is 0. The van der Waals surface area contributed by atoms with Gasteiger partial charge in [-0.2, -0.15) is 0 Å². The molecule has 88 valence electrons. The van der Waals surface area contributed by atoms with E-state index in [1.807, 2.05) is 0 Å². The first-order valence-electron chi connectivity index (χ1n) is 5.59. The summed E-state index contributed by atoms with van der Waals surface area (Å²) in [5, 5.41) is 0. The molecule has 1 aliphatic heterocycles. The lowest BCUT2D eigenvalue weighted by Crippen LogP contribution is -2.25. The highest BCUT2D eigenvalue weighted by Gasteiger charge is 2.15. The summed E-state index contributed by atoms with van der Waals surface area (Å²) in [4.78, 5) is 11.2. The van der Waals surface area contributed by atoms with E-state index in [0.717, 1.165) is 25.9 Å². The zero-order valence-electron chi connectivity index (χ0n) is 9.37. The fraction of sp³-hybridized carbons (Fsp3) is 0.909. The van der Waals surface area contributed by atoms with Crippen LogP contribution < -0.4 is 0 Å². The van der Waals surface area contributed by atoms with Crippen molar-refractivity contribution in [3.05, 3.63) is 0 Å². The number of carbonyl (C=O) groups is 1. The summed E-state index contributed by atoms with van der Waals surface area (Å²) in [6.07, 6.45) is 4.57. The first-order valence-corrected chi connectivity index (χ1v) is 5.59. The molecule has 1 aliphatic rings. The van der Waals surface area contributed by atoms with Gasteiger partial charge in [-0.25, -0.2) is 0 Å². The Balaban J connectivity index is 2.00. The lowest BCUT2D eigenvalue weighted by atomic mass is 10.1. The largest absolute Gasteiger partial charge is 0.463 e. The topological polar surface area (TPSA) is 44.8 Å². The van der Waals surface area contributed by atoms with Gasteiger partial charge in [0, 0.05) is 26.7 Å². The summed E-state index contributed by atoms with van der Waals surface area (Å²) in [6.45, 7) is 1.81. The van der Waals surface area contributed by atoms with E-state index in [1.54, 1.807) is 7.11 Å². The van der Waals surface area contributed by atoms with Gasteiger partial charge in [0.05, 0.1) is 6.10 Å². The van der Waals surface area contributed by atoms with Gasteiger partial charge in [-0.1, -0.05) is 0 Å². The van der Waals surface area contributed by atoms with E-state index in [4.69, 9.17) is 14.2 Å². The molecule has 1 unspecified atom stereocenters. The highest BCUT2D eigenvalue weighted by atomic mass is 16.6. The van der Waals surface area contributed by atoms with Gasteiger partial charge in [-0.3, -0.25) is 4.79 Å². The third-order valence-corrected chi connectivity index (χ3v) is 2.43. The van der Waals surface area contributed by atoms with Crippen molar-refractivity contribution in [2.24, 2.45) is 0 Å². The predicted molar refractivity (Wildman–Crippen MR) is 55.7 cm³/mol. The van der Waals surface area contributed by atoms with Gasteiger partial charge in [0.25, 0.3) is 0 Å². The van der Waals surface area contributed by atoms with Crippen LogP contribution in [-0.4, -0.2) is 39.0 Å². The molecule has 4 nitrogen and oxygen atoms in total. The number of ether oxygens (including phenoxy) is 3. The highest BCUT2D eigenvalue weighted by Crippen LogP contribution is 2.12. The molecule has 1 atom stereocenters. The molecular weight excluding hydrogens is 196 g/mol. The fourth-order valence-electron chi connectivity index (χ4n) is 1.56. The van der Waals surface area contributed by atoms with Crippen LogP contribution in [0.15, 0.2) is 0 Å². The first-order chi connectivity index (χ1) is 7.33. The maximum absolute atomic E-state index is 11.2. The second kappa shape index (κ2) is 7.65. The number of methoxy groups -OCH3 is 1. The van der Waals surface area contributed by atoms with E-state index in [0.29, 0.717) is 19.6 Å². The van der Waals surface area contributed by atoms with Crippen LogP contribution >= 0.6 is 0 Å². The Morgan fingerprint density at radius 3 is 3.00 bits per heavy atom. The molecule has 0 saturated carbocycles. The third-order valence-electron chi connectivity index (χ3n) is 2.43. The van der Waals surface area contributed by atoms with Crippen molar-refractivity contribution in [2.75, 3.05) is 26.9 Å². The number of hydrogen-bond donors (Lipinski definition) is 0. The Hall–Kier alpha value is -0.610. The SMILES string of the molecule is COCCCC(=O)OCC1CCCCO1. The smallest absolute Gasteiger partial charge is 0.305 e. The summed E-state index contributed by atoms with van der Waals surface area (Å²) in [5.41, 5.74) is 0. The molecule has 0 radical (unpaired) electrons. The predicted octanol–water partition coefficient (Wildman–Crippen LogP) is 1.53. The lowest BCUT2D eigenvalue weighted by molar-refractivity contribution is -0.149. The summed E-state index contributed by atoms with van der Waals surface area (Å²) < 4.78 is 15.4. The van der Waals surface area contributed by atoms with Crippen molar-refractivity contribution in [1.29, 1.82) is 0 Å². The van der Waals surface area contributed by atoms with Gasteiger partial charge in [0.15, 0.2) is 0 Å². The van der Waals surface area contributed by atoms with Crippen LogP contribution in [0.1, 0.15) is 32.1 Å². The van der Waals surface area contributed by atoms with E-state index in [9.17, 15) is 4.79 Å². The van der Waals surface area contributed by atoms with Crippen molar-refractivity contribution >= 4 is 5.97 Å². The van der Waals surface area contributed by atoms with E-state index in [-0.39, 0.29) is 12.1 Å². The molecule has 0 spiro atoms. The zero-order valence-corrected chi connectivity index (χ0v) is 9.37. The summed E-state index contributed by atoms with van der Waals surface area (Å²) in [6, 6.07) is 0.